The maximum absolute atomic E-state index is 11.5. The molecule has 0 saturated heterocycles. The Morgan fingerprint density at radius 2 is 2.21 bits per heavy atom. The fourth-order valence-corrected chi connectivity index (χ4v) is 1.67. The lowest BCUT2D eigenvalue weighted by Crippen LogP contribution is -2.34. The molecule has 2 aromatic rings. The van der Waals surface area contributed by atoms with Crippen molar-refractivity contribution < 1.29 is 9.53 Å². The molecule has 1 N–H and O–H groups in total. The predicted octanol–water partition coefficient (Wildman–Crippen LogP) is 1.96. The molecule has 1 amide bonds. The van der Waals surface area contributed by atoms with Gasteiger partial charge in [0, 0.05) is 19.3 Å². The van der Waals surface area contributed by atoms with Crippen LogP contribution in [0.2, 0.25) is 0 Å². The number of ether oxygens (including phenoxy) is 1. The highest BCUT2D eigenvalue weighted by Gasteiger charge is 2.15. The van der Waals surface area contributed by atoms with Crippen molar-refractivity contribution in [1.29, 1.82) is 0 Å². The highest BCUT2D eigenvalue weighted by Crippen LogP contribution is 2.08. The molecule has 0 saturated carbocycles. The van der Waals surface area contributed by atoms with Gasteiger partial charge in [0.1, 0.15) is 5.60 Å². The summed E-state index contributed by atoms with van der Waals surface area (Å²) in [6, 6.07) is 3.81. The molecular weight excluding hydrogens is 244 g/mol. The molecule has 0 atom stereocenters. The summed E-state index contributed by atoms with van der Waals surface area (Å²) in [5.41, 5.74) is 1.18. The lowest BCUT2D eigenvalue weighted by molar-refractivity contribution is 0.0526. The molecule has 0 spiro atoms. The lowest BCUT2D eigenvalue weighted by atomic mass is 10.2. The summed E-state index contributed by atoms with van der Waals surface area (Å²) in [5.74, 6) is 0. The second-order valence-corrected chi connectivity index (χ2v) is 5.21. The molecule has 0 aromatic carbocycles. The van der Waals surface area contributed by atoms with Crippen molar-refractivity contribution in [1.82, 2.24) is 19.9 Å². The molecule has 0 fully saturated rings. The van der Waals surface area contributed by atoms with E-state index < -0.39 is 11.7 Å². The first-order valence-electron chi connectivity index (χ1n) is 6.18. The van der Waals surface area contributed by atoms with Gasteiger partial charge in [-0.1, -0.05) is 0 Å². The van der Waals surface area contributed by atoms with E-state index in [1.54, 1.807) is 12.5 Å². The Morgan fingerprint density at radius 1 is 1.42 bits per heavy atom. The number of amides is 1. The largest absolute Gasteiger partial charge is 0.444 e. The van der Waals surface area contributed by atoms with Gasteiger partial charge in [0.2, 0.25) is 0 Å². The van der Waals surface area contributed by atoms with Gasteiger partial charge in [0.05, 0.1) is 11.8 Å². The third-order valence-electron chi connectivity index (χ3n) is 2.42. The molecule has 2 aromatic heterocycles. The van der Waals surface area contributed by atoms with E-state index in [1.165, 1.54) is 0 Å². The van der Waals surface area contributed by atoms with E-state index >= 15 is 0 Å². The molecule has 0 aliphatic rings. The van der Waals surface area contributed by atoms with E-state index in [-0.39, 0.29) is 0 Å². The topological polar surface area (TPSA) is 69.0 Å². The molecule has 0 aliphatic heterocycles. The highest BCUT2D eigenvalue weighted by atomic mass is 16.6. The second kappa shape index (κ2) is 5.26. The maximum atomic E-state index is 11.5. The molecular formula is C13H18N4O2. The zero-order chi connectivity index (χ0) is 13.9. The van der Waals surface area contributed by atoms with Crippen LogP contribution in [-0.4, -0.2) is 32.8 Å². The summed E-state index contributed by atoms with van der Waals surface area (Å²) in [4.78, 5) is 19.8. The Kier molecular flexibility index (Phi) is 3.69. The number of carbonyl (C=O) groups excluding carboxylic acids is 1. The van der Waals surface area contributed by atoms with E-state index in [1.807, 2.05) is 37.5 Å². The third-order valence-corrected chi connectivity index (χ3v) is 2.42. The van der Waals surface area contributed by atoms with Crippen LogP contribution in [-0.2, 0) is 11.3 Å². The van der Waals surface area contributed by atoms with Crippen molar-refractivity contribution in [3.8, 4) is 0 Å². The fraction of sp³-hybridized carbons (Fsp3) is 0.462. The number of alkyl carbamates (subject to hydrolysis) is 1. The van der Waals surface area contributed by atoms with Crippen molar-refractivity contribution in [2.45, 2.75) is 32.9 Å². The highest BCUT2D eigenvalue weighted by molar-refractivity contribution is 5.70. The number of aromatic nitrogens is 3. The number of hydrogen-bond donors (Lipinski definition) is 1. The van der Waals surface area contributed by atoms with Crippen molar-refractivity contribution >= 4 is 17.3 Å². The Hall–Kier alpha value is -2.11. The van der Waals surface area contributed by atoms with Crippen LogP contribution in [0.3, 0.4) is 0 Å². The first kappa shape index (κ1) is 13.3. The number of nitrogens with zero attached hydrogens (tertiary/aromatic N) is 3. The fourth-order valence-electron chi connectivity index (χ4n) is 1.67. The SMILES string of the molecule is CC(C)(C)OC(=O)NCCn1cnc2ncccc21. The Morgan fingerprint density at radius 3 is 2.95 bits per heavy atom. The van der Waals surface area contributed by atoms with Crippen molar-refractivity contribution in [2.75, 3.05) is 6.54 Å². The average Bonchev–Trinajstić information content (AvgIpc) is 2.70. The molecule has 2 rings (SSSR count). The number of fused-ring (bicyclic) bond motifs is 1. The van der Waals surface area contributed by atoms with E-state index in [0.29, 0.717) is 18.7 Å². The Bertz CT molecular complexity index is 571. The van der Waals surface area contributed by atoms with Gasteiger partial charge in [-0.05, 0) is 32.9 Å². The number of hydrogen-bond acceptors (Lipinski definition) is 4. The van der Waals surface area contributed by atoms with Gasteiger partial charge in [-0.15, -0.1) is 0 Å². The van der Waals surface area contributed by atoms with Gasteiger partial charge in [-0.25, -0.2) is 14.8 Å². The second-order valence-electron chi connectivity index (χ2n) is 5.21. The van der Waals surface area contributed by atoms with E-state index in [9.17, 15) is 4.79 Å². The minimum atomic E-state index is -0.476. The standard InChI is InChI=1S/C13H18N4O2/c1-13(2,3)19-12(18)15-7-8-17-9-16-11-10(17)5-4-6-14-11/h4-6,9H,7-8H2,1-3H3,(H,15,18). The summed E-state index contributed by atoms with van der Waals surface area (Å²) in [7, 11) is 0. The molecule has 6 nitrogen and oxygen atoms in total. The van der Waals surface area contributed by atoms with Crippen molar-refractivity contribution in [3.63, 3.8) is 0 Å². The van der Waals surface area contributed by atoms with Crippen LogP contribution in [0, 0.1) is 0 Å². The quantitative estimate of drug-likeness (QED) is 0.918. The van der Waals surface area contributed by atoms with Crippen LogP contribution in [0.1, 0.15) is 20.8 Å². The van der Waals surface area contributed by atoms with Crippen LogP contribution < -0.4 is 5.32 Å². The van der Waals surface area contributed by atoms with E-state index in [0.717, 1.165) is 5.52 Å². The monoisotopic (exact) mass is 262 g/mol. The molecule has 0 bridgehead atoms. The van der Waals surface area contributed by atoms with Gasteiger partial charge in [0.25, 0.3) is 0 Å². The van der Waals surface area contributed by atoms with E-state index in [4.69, 9.17) is 4.74 Å². The lowest BCUT2D eigenvalue weighted by Gasteiger charge is -2.19. The van der Waals surface area contributed by atoms with Gasteiger partial charge in [-0.3, -0.25) is 0 Å². The number of rotatable bonds is 3. The maximum Gasteiger partial charge on any atom is 0.407 e. The minimum absolute atomic E-state index is 0.407. The zero-order valence-electron chi connectivity index (χ0n) is 11.4. The molecule has 6 heteroatoms. The molecule has 0 radical (unpaired) electrons. The zero-order valence-corrected chi connectivity index (χ0v) is 11.4. The van der Waals surface area contributed by atoms with Gasteiger partial charge < -0.3 is 14.6 Å². The van der Waals surface area contributed by atoms with Crippen LogP contribution in [0.5, 0.6) is 0 Å². The number of nitrogens with one attached hydrogen (secondary N) is 1. The van der Waals surface area contributed by atoms with Crippen molar-refractivity contribution in [3.05, 3.63) is 24.7 Å². The number of carbonyl (C=O) groups is 1. The third kappa shape index (κ3) is 3.67. The summed E-state index contributed by atoms with van der Waals surface area (Å²) in [6.07, 6.45) is 3.02. The first-order valence-corrected chi connectivity index (χ1v) is 6.18. The first-order chi connectivity index (χ1) is 8.96. The number of pyridine rings is 1. The Labute approximate surface area is 111 Å². The normalized spacial score (nSPS) is 11.5. The van der Waals surface area contributed by atoms with Gasteiger partial charge >= 0.3 is 6.09 Å². The molecule has 19 heavy (non-hydrogen) atoms. The van der Waals surface area contributed by atoms with Crippen LogP contribution in [0.25, 0.3) is 11.2 Å². The molecule has 0 aliphatic carbocycles. The van der Waals surface area contributed by atoms with Gasteiger partial charge in [0.15, 0.2) is 5.65 Å². The average molecular weight is 262 g/mol. The molecule has 102 valence electrons. The molecule has 2 heterocycles. The van der Waals surface area contributed by atoms with Crippen molar-refractivity contribution in [2.24, 2.45) is 0 Å². The summed E-state index contributed by atoms with van der Waals surface area (Å²) in [6.45, 7) is 6.61. The van der Waals surface area contributed by atoms with Crippen LogP contribution in [0.4, 0.5) is 4.79 Å². The van der Waals surface area contributed by atoms with E-state index in [2.05, 4.69) is 15.3 Å². The summed E-state index contributed by atoms with van der Waals surface area (Å²) in [5, 5.41) is 2.71. The number of imidazole rings is 1. The minimum Gasteiger partial charge on any atom is -0.444 e. The smallest absolute Gasteiger partial charge is 0.407 e. The summed E-state index contributed by atoms with van der Waals surface area (Å²) < 4.78 is 7.10. The molecule has 0 unspecified atom stereocenters. The van der Waals surface area contributed by atoms with Crippen LogP contribution >= 0.6 is 0 Å². The summed E-state index contributed by atoms with van der Waals surface area (Å²) >= 11 is 0. The van der Waals surface area contributed by atoms with Gasteiger partial charge in [-0.2, -0.15) is 0 Å². The Balaban J connectivity index is 1.88. The van der Waals surface area contributed by atoms with Crippen LogP contribution in [0.15, 0.2) is 24.7 Å². The predicted molar refractivity (Wildman–Crippen MR) is 71.8 cm³/mol.